The molecule has 5 nitrogen and oxygen atoms in total. The van der Waals surface area contributed by atoms with Crippen LogP contribution >= 0.6 is 0 Å². The third kappa shape index (κ3) is 2.98. The Bertz CT molecular complexity index is 799. The topological polar surface area (TPSA) is 69.3 Å². The highest BCUT2D eigenvalue weighted by Crippen LogP contribution is 2.32. The molecule has 0 saturated carbocycles. The van der Waals surface area contributed by atoms with Gasteiger partial charge in [0.1, 0.15) is 24.3 Å². The molecule has 1 atom stereocenters. The number of allylic oxidation sites excluding steroid dienone is 6. The smallest absolute Gasteiger partial charge is 0.161 e. The summed E-state index contributed by atoms with van der Waals surface area (Å²) in [6.07, 6.45) is 3.61. The Morgan fingerprint density at radius 3 is 2.38 bits per heavy atom. The van der Waals surface area contributed by atoms with Gasteiger partial charge < -0.3 is 14.4 Å². The normalized spacial score (nSPS) is 18.9. The van der Waals surface area contributed by atoms with Crippen molar-refractivity contribution >= 4 is 0 Å². The van der Waals surface area contributed by atoms with Crippen LogP contribution in [0.25, 0.3) is 0 Å². The fourth-order valence-electron chi connectivity index (χ4n) is 2.87. The van der Waals surface area contributed by atoms with Crippen molar-refractivity contribution in [1.82, 2.24) is 4.90 Å². The van der Waals surface area contributed by atoms with Crippen molar-refractivity contribution in [3.05, 3.63) is 59.0 Å². The molecule has 0 saturated heterocycles. The minimum absolute atomic E-state index is 0.0940. The molecule has 1 aromatic rings. The van der Waals surface area contributed by atoms with E-state index in [4.69, 9.17) is 20.0 Å². The van der Waals surface area contributed by atoms with Crippen molar-refractivity contribution in [3.63, 3.8) is 0 Å². The summed E-state index contributed by atoms with van der Waals surface area (Å²) >= 11 is 0. The van der Waals surface area contributed by atoms with Crippen molar-refractivity contribution in [1.29, 1.82) is 10.5 Å². The Hall–Kier alpha value is -3.18. The fourth-order valence-corrected chi connectivity index (χ4v) is 2.87. The largest absolute Gasteiger partial charge is 0.486 e. The molecule has 0 N–H and O–H groups in total. The van der Waals surface area contributed by atoms with Gasteiger partial charge >= 0.3 is 0 Å². The number of hydrogen-bond acceptors (Lipinski definition) is 5. The van der Waals surface area contributed by atoms with E-state index in [1.54, 1.807) is 0 Å². The Kier molecular flexibility index (Phi) is 4.26. The molecule has 2 aliphatic rings. The summed E-state index contributed by atoms with van der Waals surface area (Å²) in [6.45, 7) is 5.04. The van der Waals surface area contributed by atoms with Gasteiger partial charge in [0, 0.05) is 17.0 Å². The first-order valence-corrected chi connectivity index (χ1v) is 7.69. The van der Waals surface area contributed by atoms with Crippen molar-refractivity contribution < 1.29 is 9.47 Å². The van der Waals surface area contributed by atoms with Crippen LogP contribution in [0.1, 0.15) is 13.8 Å². The Balaban J connectivity index is 1.77. The van der Waals surface area contributed by atoms with Gasteiger partial charge in [-0.05, 0) is 38.1 Å². The number of hydrogen-bond donors (Lipinski definition) is 0. The van der Waals surface area contributed by atoms with Gasteiger partial charge in [0.05, 0.1) is 6.54 Å². The minimum Gasteiger partial charge on any atom is -0.486 e. The van der Waals surface area contributed by atoms with Crippen LogP contribution in [0.2, 0.25) is 0 Å². The van der Waals surface area contributed by atoms with Crippen LogP contribution < -0.4 is 9.47 Å². The highest BCUT2D eigenvalue weighted by atomic mass is 16.6. The molecule has 0 spiro atoms. The zero-order valence-corrected chi connectivity index (χ0v) is 13.6. The maximum Gasteiger partial charge on any atom is 0.161 e. The number of ether oxygens (including phenoxy) is 2. The second kappa shape index (κ2) is 6.52. The van der Waals surface area contributed by atoms with Gasteiger partial charge in [0.2, 0.25) is 0 Å². The molecule has 2 heterocycles. The summed E-state index contributed by atoms with van der Waals surface area (Å²) in [7, 11) is 0. The second-order valence-corrected chi connectivity index (χ2v) is 5.73. The van der Waals surface area contributed by atoms with Gasteiger partial charge in [-0.25, -0.2) is 0 Å². The van der Waals surface area contributed by atoms with Crippen LogP contribution in [0.15, 0.2) is 59.0 Å². The lowest BCUT2D eigenvalue weighted by atomic mass is 10.0. The standard InChI is InChI=1S/C19H17N3O2/c1-13-7-15(16(9-20)10-21)8-14(2)22(13)11-17-12-23-18-5-3-4-6-19(18)24-17/h3-8,17H,11-12H2,1-2H3/t17-/m1/s1. The number of benzene rings is 1. The highest BCUT2D eigenvalue weighted by Gasteiger charge is 2.25. The van der Waals surface area contributed by atoms with Crippen LogP contribution in [0.4, 0.5) is 0 Å². The van der Waals surface area contributed by atoms with Crippen LogP contribution in [0.5, 0.6) is 11.5 Å². The molecule has 1 aromatic carbocycles. The zero-order valence-electron chi connectivity index (χ0n) is 13.6. The predicted molar refractivity (Wildman–Crippen MR) is 88.8 cm³/mol. The molecule has 0 radical (unpaired) electrons. The number of rotatable bonds is 2. The molecular formula is C19H17N3O2. The van der Waals surface area contributed by atoms with Gasteiger partial charge in [0.15, 0.2) is 17.6 Å². The predicted octanol–water partition coefficient (Wildman–Crippen LogP) is 3.29. The van der Waals surface area contributed by atoms with E-state index in [1.165, 1.54) is 0 Å². The minimum atomic E-state index is -0.0940. The third-order valence-corrected chi connectivity index (χ3v) is 4.05. The number of para-hydroxylation sites is 2. The second-order valence-electron chi connectivity index (χ2n) is 5.73. The van der Waals surface area contributed by atoms with Crippen molar-refractivity contribution in [2.45, 2.75) is 20.0 Å². The lowest BCUT2D eigenvalue weighted by Crippen LogP contribution is -2.40. The summed E-state index contributed by atoms with van der Waals surface area (Å²) in [5.41, 5.74) is 2.71. The molecule has 0 aliphatic carbocycles. The maximum atomic E-state index is 9.03. The van der Waals surface area contributed by atoms with E-state index in [1.807, 2.05) is 62.4 Å². The van der Waals surface area contributed by atoms with Gasteiger partial charge in [-0.3, -0.25) is 0 Å². The van der Waals surface area contributed by atoms with E-state index in [-0.39, 0.29) is 11.7 Å². The summed E-state index contributed by atoms with van der Waals surface area (Å²) in [6, 6.07) is 11.5. The van der Waals surface area contributed by atoms with E-state index in [2.05, 4.69) is 4.90 Å². The van der Waals surface area contributed by atoms with E-state index in [9.17, 15) is 0 Å². The van der Waals surface area contributed by atoms with E-state index >= 15 is 0 Å². The highest BCUT2D eigenvalue weighted by molar-refractivity contribution is 5.53. The van der Waals surface area contributed by atoms with E-state index < -0.39 is 0 Å². The van der Waals surface area contributed by atoms with Gasteiger partial charge in [0.25, 0.3) is 0 Å². The summed E-state index contributed by atoms with van der Waals surface area (Å²) in [5.74, 6) is 1.52. The SMILES string of the molecule is CC1=CC(=C(C#N)C#N)C=C(C)N1C[C@@H]1COc2ccccc2O1. The molecule has 5 heteroatoms. The zero-order chi connectivity index (χ0) is 17.1. The Morgan fingerprint density at radius 2 is 1.75 bits per heavy atom. The maximum absolute atomic E-state index is 9.03. The molecular weight excluding hydrogens is 302 g/mol. The van der Waals surface area contributed by atoms with Crippen LogP contribution in [-0.4, -0.2) is 24.2 Å². The van der Waals surface area contributed by atoms with Crippen molar-refractivity contribution in [2.24, 2.45) is 0 Å². The monoisotopic (exact) mass is 319 g/mol. The molecule has 0 amide bonds. The molecule has 0 bridgehead atoms. The molecule has 2 aliphatic heterocycles. The summed E-state index contributed by atoms with van der Waals surface area (Å²) in [4.78, 5) is 2.11. The number of fused-ring (bicyclic) bond motifs is 1. The lowest BCUT2D eigenvalue weighted by molar-refractivity contribution is 0.0735. The van der Waals surface area contributed by atoms with Gasteiger partial charge in [-0.1, -0.05) is 12.1 Å². The molecule has 120 valence electrons. The number of nitrogens with zero attached hydrogens (tertiary/aromatic N) is 3. The Labute approximate surface area is 141 Å². The fraction of sp³-hybridized carbons (Fsp3) is 0.263. The molecule has 3 rings (SSSR count). The molecule has 0 aromatic heterocycles. The van der Waals surface area contributed by atoms with E-state index in [0.29, 0.717) is 18.7 Å². The average molecular weight is 319 g/mol. The lowest BCUT2D eigenvalue weighted by Gasteiger charge is -2.35. The average Bonchev–Trinajstić information content (AvgIpc) is 2.59. The molecule has 0 unspecified atom stereocenters. The Morgan fingerprint density at radius 1 is 1.12 bits per heavy atom. The number of nitriles is 2. The van der Waals surface area contributed by atoms with Crippen LogP contribution in [0.3, 0.4) is 0 Å². The van der Waals surface area contributed by atoms with Crippen LogP contribution in [-0.2, 0) is 0 Å². The first-order valence-electron chi connectivity index (χ1n) is 7.69. The molecule has 0 fully saturated rings. The quantitative estimate of drug-likeness (QED) is 0.782. The van der Waals surface area contributed by atoms with Crippen molar-refractivity contribution in [3.8, 4) is 23.6 Å². The summed E-state index contributed by atoms with van der Waals surface area (Å²) in [5, 5.41) is 18.1. The first-order chi connectivity index (χ1) is 11.6. The van der Waals surface area contributed by atoms with Crippen molar-refractivity contribution in [2.75, 3.05) is 13.2 Å². The molecule has 24 heavy (non-hydrogen) atoms. The third-order valence-electron chi connectivity index (χ3n) is 4.05. The van der Waals surface area contributed by atoms with Crippen LogP contribution in [0, 0.1) is 22.7 Å². The van der Waals surface area contributed by atoms with Gasteiger partial charge in [-0.15, -0.1) is 0 Å². The summed E-state index contributed by atoms with van der Waals surface area (Å²) < 4.78 is 11.8. The first kappa shape index (κ1) is 15.7. The van der Waals surface area contributed by atoms with Gasteiger partial charge in [-0.2, -0.15) is 10.5 Å². The van der Waals surface area contributed by atoms with E-state index in [0.717, 1.165) is 22.9 Å².